The smallest absolute Gasteiger partial charge is 0.407 e. The summed E-state index contributed by atoms with van der Waals surface area (Å²) < 4.78 is 11.1. The Morgan fingerprint density at radius 1 is 1.19 bits per heavy atom. The number of alkyl carbamates (subject to hydrolysis) is 1. The van der Waals surface area contributed by atoms with Crippen molar-refractivity contribution in [3.8, 4) is 5.75 Å². The van der Waals surface area contributed by atoms with Gasteiger partial charge in [0.05, 0.1) is 12.1 Å². The van der Waals surface area contributed by atoms with Crippen molar-refractivity contribution in [2.45, 2.75) is 26.4 Å². The van der Waals surface area contributed by atoms with Gasteiger partial charge in [-0.2, -0.15) is 0 Å². The molecule has 2 rings (SSSR count). The topological polar surface area (TPSA) is 92.4 Å². The van der Waals surface area contributed by atoms with Gasteiger partial charge in [0.2, 0.25) is 0 Å². The molecule has 0 aliphatic heterocycles. The maximum absolute atomic E-state index is 12.3. The number of H-pyrrole nitrogens is 1. The van der Waals surface area contributed by atoms with Crippen LogP contribution in [0, 0.1) is 4.64 Å². The van der Waals surface area contributed by atoms with Crippen LogP contribution in [0.2, 0.25) is 0 Å². The summed E-state index contributed by atoms with van der Waals surface area (Å²) in [7, 11) is 0. The van der Waals surface area contributed by atoms with Gasteiger partial charge in [-0.15, -0.1) is 0 Å². The highest BCUT2D eigenvalue weighted by molar-refractivity contribution is 7.71. The maximum atomic E-state index is 12.3. The van der Waals surface area contributed by atoms with Gasteiger partial charge < -0.3 is 25.1 Å². The van der Waals surface area contributed by atoms with E-state index >= 15 is 0 Å². The van der Waals surface area contributed by atoms with Crippen molar-refractivity contribution in [1.82, 2.24) is 10.3 Å². The molecule has 0 aliphatic rings. The summed E-state index contributed by atoms with van der Waals surface area (Å²) in [6.45, 7) is 5.95. The predicted octanol–water partition coefficient (Wildman–Crippen LogP) is 3.90. The third-order valence-corrected chi connectivity index (χ3v) is 3.53. The Morgan fingerprint density at radius 2 is 1.96 bits per heavy atom. The number of nitrogens with one attached hydrogen (secondary N) is 3. The molecule has 0 spiro atoms. The zero-order valence-electron chi connectivity index (χ0n) is 15.5. The molecule has 8 heteroatoms. The lowest BCUT2D eigenvalue weighted by atomic mass is 10.2. The first-order valence-electron chi connectivity index (χ1n) is 8.43. The summed E-state index contributed by atoms with van der Waals surface area (Å²) in [5, 5.41) is 5.39. The molecule has 0 atom stereocenters. The second kappa shape index (κ2) is 9.18. The van der Waals surface area contributed by atoms with Crippen molar-refractivity contribution in [3.05, 3.63) is 52.8 Å². The zero-order chi connectivity index (χ0) is 19.9. The Morgan fingerprint density at radius 3 is 2.67 bits per heavy atom. The van der Waals surface area contributed by atoms with Gasteiger partial charge in [0.1, 0.15) is 22.6 Å². The Bertz CT molecular complexity index is 858. The monoisotopic (exact) mass is 389 g/mol. The van der Waals surface area contributed by atoms with Crippen LogP contribution >= 0.6 is 12.2 Å². The number of hydrogen-bond donors (Lipinski definition) is 3. The van der Waals surface area contributed by atoms with Crippen LogP contribution in [0.4, 0.5) is 10.5 Å². The van der Waals surface area contributed by atoms with E-state index in [0.717, 1.165) is 0 Å². The van der Waals surface area contributed by atoms with Crippen LogP contribution in [0.5, 0.6) is 5.75 Å². The molecule has 2 aromatic rings. The van der Waals surface area contributed by atoms with Crippen molar-refractivity contribution in [3.63, 3.8) is 0 Å². The highest BCUT2D eigenvalue weighted by Crippen LogP contribution is 2.18. The molecule has 27 heavy (non-hydrogen) atoms. The highest BCUT2D eigenvalue weighted by Gasteiger charge is 2.15. The Kier molecular flexibility index (Phi) is 6.95. The molecule has 2 amide bonds. The molecule has 1 aromatic carbocycles. The van der Waals surface area contributed by atoms with Gasteiger partial charge in [-0.3, -0.25) is 4.79 Å². The number of carbonyl (C=O) groups excluding carboxylic acids is 2. The van der Waals surface area contributed by atoms with Crippen molar-refractivity contribution >= 4 is 29.9 Å². The fourth-order valence-corrected chi connectivity index (χ4v) is 2.33. The van der Waals surface area contributed by atoms with Gasteiger partial charge in [0, 0.05) is 18.0 Å². The van der Waals surface area contributed by atoms with Crippen LogP contribution < -0.4 is 15.4 Å². The molecule has 0 unspecified atom stereocenters. The molecule has 0 fully saturated rings. The van der Waals surface area contributed by atoms with E-state index in [1.165, 1.54) is 0 Å². The third-order valence-electron chi connectivity index (χ3n) is 3.19. The average molecular weight is 389 g/mol. The minimum absolute atomic E-state index is 0.264. The Hall–Kier alpha value is -2.87. The molecule has 7 nitrogen and oxygen atoms in total. The predicted molar refractivity (Wildman–Crippen MR) is 106 cm³/mol. The lowest BCUT2D eigenvalue weighted by Crippen LogP contribution is -2.34. The van der Waals surface area contributed by atoms with E-state index in [-0.39, 0.29) is 12.5 Å². The molecule has 0 saturated heterocycles. The van der Waals surface area contributed by atoms with Crippen molar-refractivity contribution in [2.75, 3.05) is 18.5 Å². The van der Waals surface area contributed by atoms with Crippen LogP contribution in [0.3, 0.4) is 0 Å². The highest BCUT2D eigenvalue weighted by atomic mass is 32.1. The van der Waals surface area contributed by atoms with Gasteiger partial charge in [-0.1, -0.05) is 18.3 Å². The van der Waals surface area contributed by atoms with E-state index in [1.807, 2.05) is 0 Å². The van der Waals surface area contributed by atoms with Gasteiger partial charge in [0.15, 0.2) is 0 Å². The SMILES string of the molecule is CC(C)(C)OC(=O)NCCOc1cccc(NC(=O)c2ccc[nH]c2=S)c1. The Balaban J connectivity index is 1.85. The summed E-state index contributed by atoms with van der Waals surface area (Å²) in [6, 6.07) is 10.3. The second-order valence-electron chi connectivity index (χ2n) is 6.67. The molecule has 0 aliphatic carbocycles. The number of ether oxygens (including phenoxy) is 2. The number of anilines is 1. The maximum Gasteiger partial charge on any atom is 0.407 e. The number of aromatic amines is 1. The number of amides is 2. The fraction of sp³-hybridized carbons (Fsp3) is 0.316. The number of rotatable bonds is 6. The molecule has 0 bridgehead atoms. The summed E-state index contributed by atoms with van der Waals surface area (Å²) in [5.74, 6) is 0.262. The quantitative estimate of drug-likeness (QED) is 0.515. The second-order valence-corrected chi connectivity index (χ2v) is 7.08. The molecule has 0 radical (unpaired) electrons. The number of benzene rings is 1. The van der Waals surface area contributed by atoms with E-state index in [4.69, 9.17) is 21.7 Å². The summed E-state index contributed by atoms with van der Waals surface area (Å²) >= 11 is 5.11. The van der Waals surface area contributed by atoms with Crippen LogP contribution in [0.15, 0.2) is 42.6 Å². The van der Waals surface area contributed by atoms with Gasteiger partial charge in [-0.05, 0) is 45.0 Å². The van der Waals surface area contributed by atoms with Crippen LogP contribution in [-0.2, 0) is 4.74 Å². The van der Waals surface area contributed by atoms with Gasteiger partial charge in [0.25, 0.3) is 5.91 Å². The lowest BCUT2D eigenvalue weighted by Gasteiger charge is -2.19. The van der Waals surface area contributed by atoms with E-state index < -0.39 is 11.7 Å². The molecular formula is C19H23N3O4S. The molecule has 1 heterocycles. The normalized spacial score (nSPS) is 10.8. The van der Waals surface area contributed by atoms with E-state index in [0.29, 0.717) is 28.2 Å². The molecule has 3 N–H and O–H groups in total. The van der Waals surface area contributed by atoms with Gasteiger partial charge >= 0.3 is 6.09 Å². The first kappa shape index (κ1) is 20.4. The fourth-order valence-electron chi connectivity index (χ4n) is 2.10. The number of aromatic nitrogens is 1. The van der Waals surface area contributed by atoms with Crippen molar-refractivity contribution in [2.24, 2.45) is 0 Å². The van der Waals surface area contributed by atoms with Crippen molar-refractivity contribution < 1.29 is 19.1 Å². The van der Waals surface area contributed by atoms with Crippen LogP contribution in [-0.4, -0.2) is 35.7 Å². The number of pyridine rings is 1. The van der Waals surface area contributed by atoms with E-state index in [9.17, 15) is 9.59 Å². The van der Waals surface area contributed by atoms with Crippen LogP contribution in [0.25, 0.3) is 0 Å². The molecule has 144 valence electrons. The number of hydrogen-bond acceptors (Lipinski definition) is 5. The summed E-state index contributed by atoms with van der Waals surface area (Å²) in [5.41, 5.74) is 0.426. The Labute approximate surface area is 163 Å². The lowest BCUT2D eigenvalue weighted by molar-refractivity contribution is 0.0520. The first-order chi connectivity index (χ1) is 12.7. The van der Waals surface area contributed by atoms with E-state index in [1.54, 1.807) is 63.4 Å². The van der Waals surface area contributed by atoms with Crippen molar-refractivity contribution in [1.29, 1.82) is 0 Å². The van der Waals surface area contributed by atoms with Gasteiger partial charge in [-0.25, -0.2) is 4.79 Å². The molecule has 0 saturated carbocycles. The first-order valence-corrected chi connectivity index (χ1v) is 8.84. The van der Waals surface area contributed by atoms with E-state index in [2.05, 4.69) is 15.6 Å². The standard InChI is InChI=1S/C19H23N3O4S/c1-19(2,3)26-18(24)21-10-11-25-14-7-4-6-13(12-14)22-16(23)15-8-5-9-20-17(15)27/h4-9,12H,10-11H2,1-3H3,(H,20,27)(H,21,24)(H,22,23). The largest absolute Gasteiger partial charge is 0.492 e. The molecular weight excluding hydrogens is 366 g/mol. The minimum Gasteiger partial charge on any atom is -0.492 e. The summed E-state index contributed by atoms with van der Waals surface area (Å²) in [4.78, 5) is 26.7. The molecule has 1 aromatic heterocycles. The number of carbonyl (C=O) groups is 2. The summed E-state index contributed by atoms with van der Waals surface area (Å²) in [6.07, 6.45) is 1.17. The average Bonchev–Trinajstić information content (AvgIpc) is 2.58. The van der Waals surface area contributed by atoms with Crippen LogP contribution in [0.1, 0.15) is 31.1 Å². The minimum atomic E-state index is -0.543. The zero-order valence-corrected chi connectivity index (χ0v) is 16.3. The third kappa shape index (κ3) is 7.10.